The van der Waals surface area contributed by atoms with Crippen molar-refractivity contribution in [1.82, 2.24) is 25.4 Å². The van der Waals surface area contributed by atoms with Gasteiger partial charge in [-0.1, -0.05) is 6.92 Å². The second kappa shape index (κ2) is 6.75. The molecule has 1 aromatic heterocycles. The van der Waals surface area contributed by atoms with Gasteiger partial charge in [0.25, 0.3) is 0 Å². The molecule has 1 saturated heterocycles. The lowest BCUT2D eigenvalue weighted by Gasteiger charge is -2.33. The highest BCUT2D eigenvalue weighted by Crippen LogP contribution is 2.24. The Morgan fingerprint density at radius 3 is 2.73 bits per heavy atom. The van der Waals surface area contributed by atoms with Gasteiger partial charge in [0.1, 0.15) is 17.8 Å². The molecule has 2 heterocycles. The Bertz CT molecular complexity index is 506. The van der Waals surface area contributed by atoms with Crippen LogP contribution in [-0.4, -0.2) is 56.3 Å². The van der Waals surface area contributed by atoms with Crippen molar-refractivity contribution in [3.8, 4) is 0 Å². The molecule has 1 aliphatic carbocycles. The molecule has 7 heteroatoms. The maximum absolute atomic E-state index is 11.9. The van der Waals surface area contributed by atoms with Crippen LogP contribution in [0.1, 0.15) is 44.3 Å². The number of hydrogen-bond donors (Lipinski definition) is 3. The van der Waals surface area contributed by atoms with E-state index >= 15 is 0 Å². The minimum absolute atomic E-state index is 0.0657. The van der Waals surface area contributed by atoms with E-state index in [1.54, 1.807) is 0 Å². The zero-order valence-electron chi connectivity index (χ0n) is 13.1. The summed E-state index contributed by atoms with van der Waals surface area (Å²) in [5.41, 5.74) is 0. The van der Waals surface area contributed by atoms with Gasteiger partial charge in [-0.2, -0.15) is 5.10 Å². The number of carbonyl (C=O) groups is 1. The number of nitrogens with one attached hydrogen (secondary N) is 2. The molecule has 2 aliphatic rings. The second-order valence-corrected chi connectivity index (χ2v) is 6.39. The van der Waals surface area contributed by atoms with E-state index in [0.717, 1.165) is 63.4 Å². The molecule has 0 aromatic carbocycles. The highest BCUT2D eigenvalue weighted by molar-refractivity contribution is 5.81. The summed E-state index contributed by atoms with van der Waals surface area (Å²) in [5, 5.41) is 20.2. The topological polar surface area (TPSA) is 94.1 Å². The molecule has 3 rings (SSSR count). The van der Waals surface area contributed by atoms with Crippen molar-refractivity contribution in [3.63, 3.8) is 0 Å². The Kier molecular flexibility index (Phi) is 4.73. The molecule has 0 bridgehead atoms. The number of hydrogen-bond acceptors (Lipinski definition) is 5. The molecule has 1 aliphatic heterocycles. The first kappa shape index (κ1) is 15.4. The monoisotopic (exact) mass is 307 g/mol. The fourth-order valence-electron chi connectivity index (χ4n) is 2.93. The van der Waals surface area contributed by atoms with Crippen molar-refractivity contribution in [2.75, 3.05) is 13.1 Å². The van der Waals surface area contributed by atoms with Gasteiger partial charge in [0.15, 0.2) is 0 Å². The van der Waals surface area contributed by atoms with Crippen molar-refractivity contribution in [1.29, 1.82) is 0 Å². The highest BCUT2D eigenvalue weighted by Gasteiger charge is 2.33. The van der Waals surface area contributed by atoms with Crippen molar-refractivity contribution in [3.05, 3.63) is 11.6 Å². The normalized spacial score (nSPS) is 21.7. The van der Waals surface area contributed by atoms with Crippen LogP contribution in [0, 0.1) is 5.92 Å². The molecule has 122 valence electrons. The van der Waals surface area contributed by atoms with Crippen LogP contribution < -0.4 is 5.32 Å². The van der Waals surface area contributed by atoms with Gasteiger partial charge >= 0.3 is 0 Å². The van der Waals surface area contributed by atoms with Crippen LogP contribution in [0.5, 0.6) is 0 Å². The zero-order valence-corrected chi connectivity index (χ0v) is 13.1. The molecule has 22 heavy (non-hydrogen) atoms. The lowest BCUT2D eigenvalue weighted by molar-refractivity contribution is -0.133. The summed E-state index contributed by atoms with van der Waals surface area (Å²) in [6.45, 7) is 4.54. The fraction of sp³-hybridized carbons (Fsp3) is 0.800. The lowest BCUT2D eigenvalue weighted by Crippen LogP contribution is -2.45. The van der Waals surface area contributed by atoms with Gasteiger partial charge < -0.3 is 10.4 Å². The largest absolute Gasteiger partial charge is 0.383 e. The van der Waals surface area contributed by atoms with E-state index < -0.39 is 6.10 Å². The lowest BCUT2D eigenvalue weighted by atomic mass is 9.90. The van der Waals surface area contributed by atoms with Crippen molar-refractivity contribution >= 4 is 5.91 Å². The van der Waals surface area contributed by atoms with Crippen LogP contribution in [0.25, 0.3) is 0 Å². The number of nitrogens with zero attached hydrogens (tertiary/aromatic N) is 3. The van der Waals surface area contributed by atoms with E-state index in [4.69, 9.17) is 0 Å². The van der Waals surface area contributed by atoms with E-state index in [9.17, 15) is 9.90 Å². The molecule has 2 fully saturated rings. The molecule has 1 aromatic rings. The third-order valence-electron chi connectivity index (χ3n) is 4.54. The van der Waals surface area contributed by atoms with E-state index in [-0.39, 0.29) is 11.8 Å². The Balaban J connectivity index is 1.44. The van der Waals surface area contributed by atoms with Gasteiger partial charge in [-0.05, 0) is 44.7 Å². The van der Waals surface area contributed by atoms with E-state index in [1.165, 1.54) is 0 Å². The standard InChI is InChI=1S/C15H25N5O2/c1-2-12-17-13(19-18-12)9-20-7-5-10(6-8-20)14(21)15(22)16-11-3-4-11/h10-11,14,21H,2-9H2,1H3,(H,16,22)(H,17,18,19)/t14-/m0/s1. The van der Waals surface area contributed by atoms with E-state index in [2.05, 4.69) is 25.4 Å². The predicted molar refractivity (Wildman–Crippen MR) is 80.9 cm³/mol. The average molecular weight is 307 g/mol. The predicted octanol–water partition coefficient (Wildman–Crippen LogP) is 0.219. The Morgan fingerprint density at radius 2 is 2.14 bits per heavy atom. The molecule has 0 unspecified atom stereocenters. The van der Waals surface area contributed by atoms with Crippen LogP contribution in [0.15, 0.2) is 0 Å². The number of rotatable bonds is 6. The third-order valence-corrected chi connectivity index (χ3v) is 4.54. The van der Waals surface area contributed by atoms with Crippen LogP contribution in [-0.2, 0) is 17.8 Å². The average Bonchev–Trinajstić information content (AvgIpc) is 3.23. The summed E-state index contributed by atoms with van der Waals surface area (Å²) in [6.07, 6.45) is 3.75. The zero-order chi connectivity index (χ0) is 15.5. The number of H-pyrrole nitrogens is 1. The number of aryl methyl sites for hydroxylation is 1. The number of aliphatic hydroxyl groups is 1. The van der Waals surface area contributed by atoms with Crippen molar-refractivity contribution in [2.24, 2.45) is 5.92 Å². The number of piperidine rings is 1. The summed E-state index contributed by atoms with van der Waals surface area (Å²) in [7, 11) is 0. The van der Waals surface area contributed by atoms with Gasteiger partial charge in [-0.25, -0.2) is 4.98 Å². The third kappa shape index (κ3) is 3.84. The maximum Gasteiger partial charge on any atom is 0.249 e. The number of carbonyl (C=O) groups excluding carboxylic acids is 1. The van der Waals surface area contributed by atoms with Gasteiger partial charge in [0, 0.05) is 12.5 Å². The van der Waals surface area contributed by atoms with Crippen molar-refractivity contribution < 1.29 is 9.90 Å². The van der Waals surface area contributed by atoms with E-state index in [0.29, 0.717) is 6.04 Å². The molecular formula is C15H25N5O2. The van der Waals surface area contributed by atoms with Crippen molar-refractivity contribution in [2.45, 2.75) is 57.7 Å². The SMILES string of the molecule is CCc1n[nH]c(CN2CCC([C@H](O)C(=O)NC3CC3)CC2)n1. The first-order valence-electron chi connectivity index (χ1n) is 8.26. The second-order valence-electron chi connectivity index (χ2n) is 6.39. The summed E-state index contributed by atoms with van der Waals surface area (Å²) in [5.74, 6) is 1.61. The molecule has 1 saturated carbocycles. The number of amides is 1. The Hall–Kier alpha value is -1.47. The maximum atomic E-state index is 11.9. The molecule has 0 spiro atoms. The minimum Gasteiger partial charge on any atom is -0.383 e. The summed E-state index contributed by atoms with van der Waals surface area (Å²) in [4.78, 5) is 18.6. The molecular weight excluding hydrogens is 282 g/mol. The Morgan fingerprint density at radius 1 is 1.41 bits per heavy atom. The van der Waals surface area contributed by atoms with Crippen LogP contribution in [0.2, 0.25) is 0 Å². The Labute approximate surface area is 130 Å². The smallest absolute Gasteiger partial charge is 0.249 e. The number of aromatic amines is 1. The summed E-state index contributed by atoms with van der Waals surface area (Å²) in [6, 6.07) is 0.307. The molecule has 0 radical (unpaired) electrons. The number of aromatic nitrogens is 3. The van der Waals surface area contributed by atoms with Gasteiger partial charge in [0.05, 0.1) is 6.54 Å². The first-order chi connectivity index (χ1) is 10.7. The molecule has 1 amide bonds. The van der Waals surface area contributed by atoms with Gasteiger partial charge in [-0.3, -0.25) is 14.8 Å². The highest BCUT2D eigenvalue weighted by atomic mass is 16.3. The van der Waals surface area contributed by atoms with Gasteiger partial charge in [-0.15, -0.1) is 0 Å². The van der Waals surface area contributed by atoms with Crippen LogP contribution in [0.4, 0.5) is 0 Å². The number of aliphatic hydroxyl groups excluding tert-OH is 1. The van der Waals surface area contributed by atoms with Crippen LogP contribution >= 0.6 is 0 Å². The summed E-state index contributed by atoms with van der Waals surface area (Å²) < 4.78 is 0. The fourth-order valence-corrected chi connectivity index (χ4v) is 2.93. The summed E-state index contributed by atoms with van der Waals surface area (Å²) >= 11 is 0. The molecule has 1 atom stereocenters. The minimum atomic E-state index is -0.861. The van der Waals surface area contributed by atoms with E-state index in [1.807, 2.05) is 6.92 Å². The van der Waals surface area contributed by atoms with Crippen LogP contribution in [0.3, 0.4) is 0 Å². The molecule has 7 nitrogen and oxygen atoms in total. The molecule has 3 N–H and O–H groups in total. The first-order valence-corrected chi connectivity index (χ1v) is 8.26. The van der Waals surface area contributed by atoms with Gasteiger partial charge in [0.2, 0.25) is 5.91 Å². The quantitative estimate of drug-likeness (QED) is 0.699. The number of likely N-dealkylation sites (tertiary alicyclic amines) is 1.